The van der Waals surface area contributed by atoms with Crippen LogP contribution in [-0.4, -0.2) is 28.0 Å². The van der Waals surface area contributed by atoms with Gasteiger partial charge in [-0.25, -0.2) is 13.1 Å². The van der Waals surface area contributed by atoms with Gasteiger partial charge in [-0.3, -0.25) is 4.79 Å². The number of halogens is 1. The van der Waals surface area contributed by atoms with Crippen molar-refractivity contribution in [2.75, 3.05) is 13.7 Å². The third kappa shape index (κ3) is 5.72. The Morgan fingerprint density at radius 2 is 1.85 bits per heavy atom. The second-order valence-corrected chi connectivity index (χ2v) is 7.78. The molecule has 0 heterocycles. The Morgan fingerprint density at radius 3 is 2.50 bits per heavy atom. The van der Waals surface area contributed by atoms with Crippen LogP contribution >= 0.6 is 11.6 Å². The molecule has 0 atom stereocenters. The molecule has 140 valence electrons. The van der Waals surface area contributed by atoms with E-state index in [4.69, 9.17) is 21.1 Å². The molecule has 0 aliphatic heterocycles. The molecule has 0 unspecified atom stereocenters. The number of rotatable bonds is 8. The van der Waals surface area contributed by atoms with Crippen LogP contribution in [0.15, 0.2) is 47.4 Å². The number of esters is 1. The number of benzene rings is 2. The van der Waals surface area contributed by atoms with Crippen LogP contribution in [0.25, 0.3) is 0 Å². The molecule has 0 fully saturated rings. The zero-order valence-corrected chi connectivity index (χ0v) is 16.1. The quantitative estimate of drug-likeness (QED) is 0.692. The van der Waals surface area contributed by atoms with Crippen LogP contribution in [0, 0.1) is 6.92 Å². The summed E-state index contributed by atoms with van der Waals surface area (Å²) in [6.45, 7) is 1.93. The summed E-state index contributed by atoms with van der Waals surface area (Å²) in [5.74, 6) is 0.124. The summed E-state index contributed by atoms with van der Waals surface area (Å²) < 4.78 is 37.0. The summed E-state index contributed by atoms with van der Waals surface area (Å²) in [6, 6.07) is 11.3. The number of carbonyl (C=O) groups is 1. The van der Waals surface area contributed by atoms with Crippen molar-refractivity contribution >= 4 is 27.6 Å². The molecule has 0 radical (unpaired) electrons. The molecule has 0 aromatic heterocycles. The molecular weight excluding hydrogens is 378 g/mol. The third-order valence-corrected chi connectivity index (χ3v) is 5.30. The van der Waals surface area contributed by atoms with Crippen molar-refractivity contribution in [3.05, 3.63) is 58.6 Å². The Hall–Kier alpha value is -2.09. The van der Waals surface area contributed by atoms with Crippen LogP contribution in [-0.2, 0) is 26.2 Å². The second-order valence-electron chi connectivity index (χ2n) is 5.58. The fourth-order valence-corrected chi connectivity index (χ4v) is 3.39. The Morgan fingerprint density at radius 1 is 1.15 bits per heavy atom. The van der Waals surface area contributed by atoms with E-state index in [1.807, 2.05) is 19.1 Å². The lowest BCUT2D eigenvalue weighted by atomic mass is 10.1. The van der Waals surface area contributed by atoms with Crippen LogP contribution < -0.4 is 9.46 Å². The van der Waals surface area contributed by atoms with Gasteiger partial charge in [0.15, 0.2) is 0 Å². The molecule has 6 nitrogen and oxygen atoms in total. The fraction of sp³-hybridized carbons (Fsp3) is 0.278. The minimum absolute atomic E-state index is 0.0608. The molecular formula is C18H20ClNO5S. The predicted octanol–water partition coefficient (Wildman–Crippen LogP) is 3.07. The van der Waals surface area contributed by atoms with E-state index < -0.39 is 16.0 Å². The molecule has 0 bridgehead atoms. The van der Waals surface area contributed by atoms with E-state index in [2.05, 4.69) is 4.72 Å². The fourth-order valence-electron chi connectivity index (χ4n) is 2.24. The predicted molar refractivity (Wildman–Crippen MR) is 98.8 cm³/mol. The van der Waals surface area contributed by atoms with E-state index in [0.29, 0.717) is 10.8 Å². The van der Waals surface area contributed by atoms with Gasteiger partial charge in [-0.15, -0.1) is 0 Å². The number of methoxy groups -OCH3 is 1. The average molecular weight is 398 g/mol. The minimum atomic E-state index is -3.69. The Bertz CT molecular complexity index is 866. The zero-order valence-electron chi connectivity index (χ0n) is 14.5. The molecule has 2 rings (SSSR count). The SMILES string of the molecule is COc1ccc(C)cc1COC(=O)CCNS(=O)(=O)c1ccc(Cl)cc1. The van der Waals surface area contributed by atoms with Crippen LogP contribution in [0.5, 0.6) is 5.75 Å². The summed E-state index contributed by atoms with van der Waals surface area (Å²) in [7, 11) is -2.15. The van der Waals surface area contributed by atoms with Crippen molar-refractivity contribution < 1.29 is 22.7 Å². The summed E-state index contributed by atoms with van der Waals surface area (Å²) in [6.07, 6.45) is -0.0824. The summed E-state index contributed by atoms with van der Waals surface area (Å²) in [5.41, 5.74) is 1.77. The molecule has 26 heavy (non-hydrogen) atoms. The standard InChI is InChI=1S/C18H20ClNO5S/c1-13-3-8-17(24-2)14(11-13)12-25-18(21)9-10-20-26(22,23)16-6-4-15(19)5-7-16/h3-8,11,20H,9-10,12H2,1-2H3. The highest BCUT2D eigenvalue weighted by molar-refractivity contribution is 7.89. The lowest BCUT2D eigenvalue weighted by Crippen LogP contribution is -2.26. The van der Waals surface area contributed by atoms with Crippen molar-refractivity contribution in [3.8, 4) is 5.75 Å². The Kier molecular flexibility index (Phi) is 7.02. The molecule has 1 N–H and O–H groups in total. The van der Waals surface area contributed by atoms with Gasteiger partial charge in [-0.05, 0) is 43.3 Å². The maximum absolute atomic E-state index is 12.1. The molecule has 0 aliphatic carbocycles. The third-order valence-electron chi connectivity index (χ3n) is 3.57. The van der Waals surface area contributed by atoms with Gasteiger partial charge in [0.2, 0.25) is 10.0 Å². The first-order valence-corrected chi connectivity index (χ1v) is 9.72. The van der Waals surface area contributed by atoms with Crippen LogP contribution in [0.3, 0.4) is 0 Å². The van der Waals surface area contributed by atoms with E-state index in [1.54, 1.807) is 13.2 Å². The monoisotopic (exact) mass is 397 g/mol. The van der Waals surface area contributed by atoms with Gasteiger partial charge < -0.3 is 9.47 Å². The van der Waals surface area contributed by atoms with Crippen molar-refractivity contribution in [2.45, 2.75) is 24.8 Å². The summed E-state index contributed by atoms with van der Waals surface area (Å²) >= 11 is 5.74. The normalized spacial score (nSPS) is 11.2. The maximum atomic E-state index is 12.1. The van der Waals surface area contributed by atoms with Crippen molar-refractivity contribution in [3.63, 3.8) is 0 Å². The van der Waals surface area contributed by atoms with Gasteiger partial charge in [0.25, 0.3) is 0 Å². The van der Waals surface area contributed by atoms with E-state index in [-0.39, 0.29) is 24.5 Å². The minimum Gasteiger partial charge on any atom is -0.496 e. The molecule has 8 heteroatoms. The van der Waals surface area contributed by atoms with E-state index in [1.165, 1.54) is 24.3 Å². The zero-order chi connectivity index (χ0) is 19.2. The molecule has 2 aromatic carbocycles. The van der Waals surface area contributed by atoms with E-state index in [0.717, 1.165) is 11.1 Å². The highest BCUT2D eigenvalue weighted by Crippen LogP contribution is 2.20. The number of carbonyl (C=O) groups excluding carboxylic acids is 1. The number of hydrogen-bond acceptors (Lipinski definition) is 5. The number of hydrogen-bond donors (Lipinski definition) is 1. The van der Waals surface area contributed by atoms with Gasteiger partial charge in [0.05, 0.1) is 18.4 Å². The molecule has 2 aromatic rings. The number of ether oxygens (including phenoxy) is 2. The first-order valence-electron chi connectivity index (χ1n) is 7.86. The van der Waals surface area contributed by atoms with Crippen LogP contribution in [0.1, 0.15) is 17.5 Å². The van der Waals surface area contributed by atoms with Gasteiger partial charge >= 0.3 is 5.97 Å². The Labute approximate surface area is 158 Å². The molecule has 0 spiro atoms. The van der Waals surface area contributed by atoms with Crippen molar-refractivity contribution in [1.29, 1.82) is 0 Å². The van der Waals surface area contributed by atoms with Crippen LogP contribution in [0.2, 0.25) is 5.02 Å². The molecule has 0 saturated heterocycles. The van der Waals surface area contributed by atoms with Crippen LogP contribution in [0.4, 0.5) is 0 Å². The summed E-state index contributed by atoms with van der Waals surface area (Å²) in [4.78, 5) is 11.9. The van der Waals surface area contributed by atoms with E-state index >= 15 is 0 Å². The van der Waals surface area contributed by atoms with Crippen molar-refractivity contribution in [1.82, 2.24) is 4.72 Å². The second kappa shape index (κ2) is 9.02. The number of aryl methyl sites for hydroxylation is 1. The lowest BCUT2D eigenvalue weighted by molar-refractivity contribution is -0.144. The highest BCUT2D eigenvalue weighted by atomic mass is 35.5. The molecule has 0 amide bonds. The van der Waals surface area contributed by atoms with Gasteiger partial charge in [-0.2, -0.15) is 0 Å². The van der Waals surface area contributed by atoms with E-state index in [9.17, 15) is 13.2 Å². The lowest BCUT2D eigenvalue weighted by Gasteiger charge is -2.11. The Balaban J connectivity index is 1.84. The first-order chi connectivity index (χ1) is 12.3. The molecule has 0 saturated carbocycles. The van der Waals surface area contributed by atoms with Gasteiger partial charge in [-0.1, -0.05) is 23.2 Å². The number of sulfonamides is 1. The summed E-state index contributed by atoms with van der Waals surface area (Å²) in [5, 5.41) is 0.444. The van der Waals surface area contributed by atoms with Crippen molar-refractivity contribution in [2.24, 2.45) is 0 Å². The average Bonchev–Trinajstić information content (AvgIpc) is 2.60. The van der Waals surface area contributed by atoms with Gasteiger partial charge in [0, 0.05) is 17.1 Å². The highest BCUT2D eigenvalue weighted by Gasteiger charge is 2.14. The molecule has 0 aliphatic rings. The largest absolute Gasteiger partial charge is 0.496 e. The van der Waals surface area contributed by atoms with Gasteiger partial charge in [0.1, 0.15) is 12.4 Å². The number of nitrogens with one attached hydrogen (secondary N) is 1. The topological polar surface area (TPSA) is 81.7 Å². The first kappa shape index (κ1) is 20.2. The maximum Gasteiger partial charge on any atom is 0.307 e. The smallest absolute Gasteiger partial charge is 0.307 e.